The van der Waals surface area contributed by atoms with Gasteiger partial charge in [-0.15, -0.1) is 0 Å². The molecule has 2 rings (SSSR count). The van der Waals surface area contributed by atoms with Gasteiger partial charge in [0.1, 0.15) is 0 Å². The molecule has 1 heterocycles. The number of ether oxygens (including phenoxy) is 2. The van der Waals surface area contributed by atoms with Crippen LogP contribution in [0.4, 0.5) is 0 Å². The highest BCUT2D eigenvalue weighted by atomic mass is 16.5. The predicted octanol–water partition coefficient (Wildman–Crippen LogP) is 3.00. The average Bonchev–Trinajstić information content (AvgIpc) is 2.70. The van der Waals surface area contributed by atoms with Crippen molar-refractivity contribution < 1.29 is 19.1 Å². The summed E-state index contributed by atoms with van der Waals surface area (Å²) in [5, 5.41) is 0. The molecule has 27 heavy (non-hydrogen) atoms. The van der Waals surface area contributed by atoms with E-state index in [2.05, 4.69) is 11.8 Å². The monoisotopic (exact) mass is 376 g/mol. The molecule has 1 aromatic carbocycles. The van der Waals surface area contributed by atoms with Crippen LogP contribution >= 0.6 is 0 Å². The van der Waals surface area contributed by atoms with E-state index in [1.54, 1.807) is 25.3 Å². The Balaban J connectivity index is 1.76. The molecule has 6 nitrogen and oxygen atoms in total. The quantitative estimate of drug-likeness (QED) is 0.490. The molecule has 0 spiro atoms. The zero-order valence-electron chi connectivity index (χ0n) is 17.0. The summed E-state index contributed by atoms with van der Waals surface area (Å²) >= 11 is 0. The maximum absolute atomic E-state index is 12.4. The Hall–Kier alpha value is -2.08. The molecule has 0 unspecified atom stereocenters. The summed E-state index contributed by atoms with van der Waals surface area (Å²) in [6, 6.07) is 5.49. The summed E-state index contributed by atoms with van der Waals surface area (Å²) in [4.78, 5) is 28.2. The van der Waals surface area contributed by atoms with E-state index >= 15 is 0 Å². The number of hydrogen-bond acceptors (Lipinski definition) is 5. The fourth-order valence-electron chi connectivity index (χ4n) is 3.41. The molecule has 0 radical (unpaired) electrons. The number of amides is 1. The van der Waals surface area contributed by atoms with Crippen LogP contribution in [0.5, 0.6) is 11.5 Å². The Morgan fingerprint density at radius 1 is 1.22 bits per heavy atom. The van der Waals surface area contributed by atoms with Gasteiger partial charge in [-0.1, -0.05) is 6.92 Å². The lowest BCUT2D eigenvalue weighted by Crippen LogP contribution is -2.45. The number of benzene rings is 1. The number of hydrogen-bond donors (Lipinski definition) is 0. The summed E-state index contributed by atoms with van der Waals surface area (Å²) in [6.45, 7) is 7.35. The molecule has 1 aromatic rings. The second kappa shape index (κ2) is 10.3. The number of likely N-dealkylation sites (tertiary alicyclic amines) is 1. The van der Waals surface area contributed by atoms with Crippen molar-refractivity contribution >= 4 is 11.7 Å². The van der Waals surface area contributed by atoms with Gasteiger partial charge >= 0.3 is 0 Å². The van der Waals surface area contributed by atoms with Crippen molar-refractivity contribution in [3.8, 4) is 11.5 Å². The topological polar surface area (TPSA) is 59.1 Å². The van der Waals surface area contributed by atoms with Crippen LogP contribution < -0.4 is 9.47 Å². The molecule has 1 amide bonds. The Morgan fingerprint density at radius 2 is 1.93 bits per heavy atom. The maximum atomic E-state index is 12.4. The summed E-state index contributed by atoms with van der Waals surface area (Å²) in [5.41, 5.74) is 0.588. The average molecular weight is 376 g/mol. The van der Waals surface area contributed by atoms with Gasteiger partial charge in [0.15, 0.2) is 17.3 Å². The number of Topliss-reactive ketones (excluding diaryl/α,β-unsaturated/α-hetero) is 1. The van der Waals surface area contributed by atoms with E-state index in [0.717, 1.165) is 32.5 Å². The van der Waals surface area contributed by atoms with Gasteiger partial charge in [0.05, 0.1) is 13.7 Å². The third kappa shape index (κ3) is 5.96. The van der Waals surface area contributed by atoms with Gasteiger partial charge in [-0.3, -0.25) is 9.59 Å². The highest BCUT2D eigenvalue weighted by molar-refractivity contribution is 5.94. The molecule has 1 fully saturated rings. The first kappa shape index (κ1) is 21.2. The molecule has 1 aliphatic heterocycles. The number of methoxy groups -OCH3 is 1. The van der Waals surface area contributed by atoms with E-state index in [-0.39, 0.29) is 11.7 Å². The third-order valence-electron chi connectivity index (χ3n) is 5.31. The summed E-state index contributed by atoms with van der Waals surface area (Å²) in [7, 11) is 3.47. The van der Waals surface area contributed by atoms with Crippen molar-refractivity contribution in [2.24, 2.45) is 0 Å². The first-order valence-corrected chi connectivity index (χ1v) is 9.76. The van der Waals surface area contributed by atoms with Crippen LogP contribution in [0.25, 0.3) is 0 Å². The Kier molecular flexibility index (Phi) is 8.10. The van der Waals surface area contributed by atoms with Crippen molar-refractivity contribution in [1.29, 1.82) is 0 Å². The van der Waals surface area contributed by atoms with Crippen LogP contribution in [0.2, 0.25) is 0 Å². The van der Waals surface area contributed by atoms with E-state index in [0.29, 0.717) is 42.6 Å². The molecule has 1 aliphatic rings. The molecule has 150 valence electrons. The molecule has 0 aliphatic carbocycles. The van der Waals surface area contributed by atoms with Gasteiger partial charge in [0.25, 0.3) is 0 Å². The van der Waals surface area contributed by atoms with Crippen LogP contribution in [0.15, 0.2) is 18.2 Å². The molecule has 0 atom stereocenters. The second-order valence-corrected chi connectivity index (χ2v) is 7.04. The molecule has 6 heteroatoms. The molecule has 0 bridgehead atoms. The van der Waals surface area contributed by atoms with Crippen LogP contribution in [0.3, 0.4) is 0 Å². The standard InChI is InChI=1S/C21H32N2O4/c1-5-23-12-10-18(11-13-23)22(3)21(25)7-6-14-27-19-9-8-17(16(2)24)15-20(19)26-4/h8-9,15,18H,5-7,10-14H2,1-4H3. The minimum Gasteiger partial charge on any atom is -0.493 e. The van der Waals surface area contributed by atoms with Gasteiger partial charge in [-0.2, -0.15) is 0 Å². The first-order valence-electron chi connectivity index (χ1n) is 9.76. The van der Waals surface area contributed by atoms with E-state index in [1.165, 1.54) is 6.92 Å². The van der Waals surface area contributed by atoms with Crippen LogP contribution in [0, 0.1) is 0 Å². The summed E-state index contributed by atoms with van der Waals surface area (Å²) in [6.07, 6.45) is 3.21. The number of rotatable bonds is 9. The summed E-state index contributed by atoms with van der Waals surface area (Å²) < 4.78 is 11.0. The fraction of sp³-hybridized carbons (Fsp3) is 0.619. The lowest BCUT2D eigenvalue weighted by molar-refractivity contribution is -0.133. The second-order valence-electron chi connectivity index (χ2n) is 7.04. The minimum atomic E-state index is -0.0155. The largest absolute Gasteiger partial charge is 0.493 e. The maximum Gasteiger partial charge on any atom is 0.222 e. The van der Waals surface area contributed by atoms with Gasteiger partial charge in [-0.05, 0) is 50.9 Å². The van der Waals surface area contributed by atoms with Gasteiger partial charge in [0, 0.05) is 38.2 Å². The lowest BCUT2D eigenvalue weighted by Gasteiger charge is -2.36. The van der Waals surface area contributed by atoms with Crippen LogP contribution in [-0.4, -0.2) is 67.9 Å². The normalized spacial score (nSPS) is 15.4. The first-order chi connectivity index (χ1) is 13.0. The third-order valence-corrected chi connectivity index (χ3v) is 5.31. The number of ketones is 1. The zero-order chi connectivity index (χ0) is 19.8. The van der Waals surface area contributed by atoms with Gasteiger partial charge in [0.2, 0.25) is 5.91 Å². The molecular formula is C21H32N2O4. The number of nitrogens with zero attached hydrogens (tertiary/aromatic N) is 2. The van der Waals surface area contributed by atoms with Crippen molar-refractivity contribution in [2.45, 2.75) is 45.6 Å². The predicted molar refractivity (Wildman–Crippen MR) is 106 cm³/mol. The van der Waals surface area contributed by atoms with Crippen LogP contribution in [0.1, 0.15) is 49.9 Å². The van der Waals surface area contributed by atoms with Gasteiger partial charge < -0.3 is 19.3 Å². The van der Waals surface area contributed by atoms with Crippen molar-refractivity contribution in [3.05, 3.63) is 23.8 Å². The smallest absolute Gasteiger partial charge is 0.222 e. The Labute approximate surface area is 162 Å². The molecule has 0 N–H and O–H groups in total. The summed E-state index contributed by atoms with van der Waals surface area (Å²) in [5.74, 6) is 1.29. The number of carbonyl (C=O) groups excluding carboxylic acids is 2. The molecule has 1 saturated heterocycles. The lowest BCUT2D eigenvalue weighted by atomic mass is 10.0. The highest BCUT2D eigenvalue weighted by Crippen LogP contribution is 2.28. The molecule has 0 saturated carbocycles. The van der Waals surface area contributed by atoms with Crippen molar-refractivity contribution in [3.63, 3.8) is 0 Å². The van der Waals surface area contributed by atoms with E-state index in [4.69, 9.17) is 9.47 Å². The Morgan fingerprint density at radius 3 is 2.52 bits per heavy atom. The van der Waals surface area contributed by atoms with E-state index in [9.17, 15) is 9.59 Å². The fourth-order valence-corrected chi connectivity index (χ4v) is 3.41. The van der Waals surface area contributed by atoms with Crippen molar-refractivity contribution in [1.82, 2.24) is 9.80 Å². The van der Waals surface area contributed by atoms with E-state index in [1.807, 2.05) is 11.9 Å². The Bertz CT molecular complexity index is 639. The number of piperidine rings is 1. The SMILES string of the molecule is CCN1CCC(N(C)C(=O)CCCOc2ccc(C(C)=O)cc2OC)CC1. The minimum absolute atomic E-state index is 0.0155. The molecule has 0 aromatic heterocycles. The van der Waals surface area contributed by atoms with Crippen LogP contribution in [-0.2, 0) is 4.79 Å². The zero-order valence-corrected chi connectivity index (χ0v) is 17.0. The highest BCUT2D eigenvalue weighted by Gasteiger charge is 2.24. The molecular weight excluding hydrogens is 344 g/mol. The van der Waals surface area contributed by atoms with Crippen molar-refractivity contribution in [2.75, 3.05) is 40.4 Å². The van der Waals surface area contributed by atoms with Gasteiger partial charge in [-0.25, -0.2) is 0 Å². The number of carbonyl (C=O) groups is 2. The van der Waals surface area contributed by atoms with E-state index < -0.39 is 0 Å².